The summed E-state index contributed by atoms with van der Waals surface area (Å²) in [5, 5.41) is 12.0. The number of thiazole rings is 1. The van der Waals surface area contributed by atoms with Gasteiger partial charge in [-0.2, -0.15) is 0 Å². The summed E-state index contributed by atoms with van der Waals surface area (Å²) in [6.07, 6.45) is 1.31. The predicted octanol–water partition coefficient (Wildman–Crippen LogP) is 1.91. The van der Waals surface area contributed by atoms with E-state index in [-0.39, 0.29) is 4.88 Å². The lowest BCUT2D eigenvalue weighted by Crippen LogP contribution is -2.33. The molecule has 0 atom stereocenters. The number of rotatable bonds is 4. The number of hydrogen-bond acceptors (Lipinski definition) is 5. The molecule has 0 aliphatic heterocycles. The molecule has 0 unspecified atom stereocenters. The first-order valence-corrected chi connectivity index (χ1v) is 6.24. The maximum absolute atomic E-state index is 11.3. The van der Waals surface area contributed by atoms with Crippen LogP contribution in [0.25, 0.3) is 0 Å². The Labute approximate surface area is 109 Å². The number of carbonyl (C=O) groups excluding carboxylic acids is 1. The molecule has 7 heteroatoms. The highest BCUT2D eigenvalue weighted by molar-refractivity contribution is 7.13. The van der Waals surface area contributed by atoms with Gasteiger partial charge >= 0.3 is 12.1 Å². The summed E-state index contributed by atoms with van der Waals surface area (Å²) in [4.78, 5) is 26.1. The number of nitrogens with zero attached hydrogens (tertiary/aromatic N) is 1. The summed E-state index contributed by atoms with van der Waals surface area (Å²) < 4.78 is 5.06. The SMILES string of the molecule is CC(C)(C)OC(=O)NCCc1ncc(C(=O)O)s1. The fourth-order valence-corrected chi connectivity index (χ4v) is 1.87. The summed E-state index contributed by atoms with van der Waals surface area (Å²) in [6.45, 7) is 5.72. The van der Waals surface area contributed by atoms with E-state index in [1.165, 1.54) is 6.20 Å². The minimum atomic E-state index is -0.987. The first kappa shape index (κ1) is 14.4. The normalized spacial score (nSPS) is 11.1. The van der Waals surface area contributed by atoms with Crippen LogP contribution in [0.2, 0.25) is 0 Å². The Morgan fingerprint density at radius 3 is 2.67 bits per heavy atom. The van der Waals surface area contributed by atoms with Gasteiger partial charge in [0.1, 0.15) is 10.5 Å². The lowest BCUT2D eigenvalue weighted by molar-refractivity contribution is 0.0528. The first-order valence-electron chi connectivity index (χ1n) is 5.43. The van der Waals surface area contributed by atoms with Gasteiger partial charge in [0.25, 0.3) is 0 Å². The summed E-state index contributed by atoms with van der Waals surface area (Å²) in [5.74, 6) is -0.987. The quantitative estimate of drug-likeness (QED) is 0.874. The highest BCUT2D eigenvalue weighted by Gasteiger charge is 2.15. The number of ether oxygens (including phenoxy) is 1. The van der Waals surface area contributed by atoms with E-state index in [1.807, 2.05) is 0 Å². The van der Waals surface area contributed by atoms with E-state index in [0.29, 0.717) is 18.0 Å². The molecule has 0 saturated carbocycles. The summed E-state index contributed by atoms with van der Waals surface area (Å²) >= 11 is 1.10. The molecule has 18 heavy (non-hydrogen) atoms. The van der Waals surface area contributed by atoms with Gasteiger partial charge < -0.3 is 15.2 Å². The topological polar surface area (TPSA) is 88.5 Å². The number of amides is 1. The van der Waals surface area contributed by atoms with Crippen molar-refractivity contribution in [3.63, 3.8) is 0 Å². The number of alkyl carbamates (subject to hydrolysis) is 1. The van der Waals surface area contributed by atoms with Crippen LogP contribution < -0.4 is 5.32 Å². The molecule has 100 valence electrons. The molecule has 0 bridgehead atoms. The van der Waals surface area contributed by atoms with Gasteiger partial charge in [-0.05, 0) is 20.8 Å². The maximum atomic E-state index is 11.3. The van der Waals surface area contributed by atoms with Crippen LogP contribution in [0.4, 0.5) is 4.79 Å². The average Bonchev–Trinajstić information content (AvgIpc) is 2.63. The molecule has 1 rings (SSSR count). The third kappa shape index (κ3) is 5.13. The summed E-state index contributed by atoms with van der Waals surface area (Å²) in [7, 11) is 0. The van der Waals surface area contributed by atoms with Crippen molar-refractivity contribution in [1.82, 2.24) is 10.3 Å². The van der Waals surface area contributed by atoms with Gasteiger partial charge in [0.05, 0.1) is 11.2 Å². The van der Waals surface area contributed by atoms with Crippen LogP contribution in [0.3, 0.4) is 0 Å². The number of nitrogens with one attached hydrogen (secondary N) is 1. The molecule has 2 N–H and O–H groups in total. The molecule has 0 aromatic carbocycles. The minimum Gasteiger partial charge on any atom is -0.477 e. The second-order valence-corrected chi connectivity index (χ2v) is 5.72. The van der Waals surface area contributed by atoms with Crippen LogP contribution in [-0.2, 0) is 11.2 Å². The lowest BCUT2D eigenvalue weighted by Gasteiger charge is -2.19. The van der Waals surface area contributed by atoms with Crippen molar-refractivity contribution in [2.45, 2.75) is 32.8 Å². The Morgan fingerprint density at radius 1 is 1.50 bits per heavy atom. The molecule has 1 aromatic rings. The van der Waals surface area contributed by atoms with E-state index in [2.05, 4.69) is 10.3 Å². The van der Waals surface area contributed by atoms with Gasteiger partial charge in [-0.25, -0.2) is 14.6 Å². The molecule has 0 spiro atoms. The maximum Gasteiger partial charge on any atom is 0.407 e. The standard InChI is InChI=1S/C11H16N2O4S/c1-11(2,3)17-10(16)12-5-4-8-13-6-7(18-8)9(14)15/h6H,4-5H2,1-3H3,(H,12,16)(H,14,15). The highest BCUT2D eigenvalue weighted by atomic mass is 32.1. The summed E-state index contributed by atoms with van der Waals surface area (Å²) in [6, 6.07) is 0. The third-order valence-corrected chi connectivity index (χ3v) is 2.82. The predicted molar refractivity (Wildman–Crippen MR) is 67.0 cm³/mol. The van der Waals surface area contributed by atoms with Gasteiger partial charge in [0.2, 0.25) is 0 Å². The number of hydrogen-bond donors (Lipinski definition) is 2. The highest BCUT2D eigenvalue weighted by Crippen LogP contribution is 2.13. The second-order valence-electron chi connectivity index (χ2n) is 4.60. The monoisotopic (exact) mass is 272 g/mol. The number of aromatic nitrogens is 1. The van der Waals surface area contributed by atoms with Crippen molar-refractivity contribution >= 4 is 23.4 Å². The fourth-order valence-electron chi connectivity index (χ4n) is 1.11. The molecular formula is C11H16N2O4S. The van der Waals surface area contributed by atoms with E-state index < -0.39 is 17.7 Å². The fraction of sp³-hybridized carbons (Fsp3) is 0.545. The van der Waals surface area contributed by atoms with Crippen LogP contribution in [0.15, 0.2) is 6.20 Å². The molecule has 1 amide bonds. The van der Waals surface area contributed by atoms with Crippen LogP contribution in [0, 0.1) is 0 Å². The zero-order chi connectivity index (χ0) is 13.8. The van der Waals surface area contributed by atoms with Gasteiger partial charge in [0.15, 0.2) is 0 Å². The van der Waals surface area contributed by atoms with Crippen molar-refractivity contribution in [3.05, 3.63) is 16.1 Å². The van der Waals surface area contributed by atoms with Crippen LogP contribution in [0.5, 0.6) is 0 Å². The molecule has 0 aliphatic rings. The smallest absolute Gasteiger partial charge is 0.407 e. The van der Waals surface area contributed by atoms with Crippen LogP contribution >= 0.6 is 11.3 Å². The Morgan fingerprint density at radius 2 is 2.17 bits per heavy atom. The van der Waals surface area contributed by atoms with E-state index in [9.17, 15) is 9.59 Å². The lowest BCUT2D eigenvalue weighted by atomic mass is 10.2. The largest absolute Gasteiger partial charge is 0.477 e. The third-order valence-electron chi connectivity index (χ3n) is 1.77. The van der Waals surface area contributed by atoms with Gasteiger partial charge in [-0.15, -0.1) is 11.3 Å². The van der Waals surface area contributed by atoms with Crippen LogP contribution in [0.1, 0.15) is 35.5 Å². The number of carboxylic acid groups (broad SMARTS) is 1. The van der Waals surface area contributed by atoms with E-state index in [4.69, 9.17) is 9.84 Å². The Hall–Kier alpha value is -1.63. The zero-order valence-electron chi connectivity index (χ0n) is 10.5. The Bertz CT molecular complexity index is 436. The molecular weight excluding hydrogens is 256 g/mol. The molecule has 0 aliphatic carbocycles. The van der Waals surface area contributed by atoms with Crippen LogP contribution in [-0.4, -0.2) is 34.3 Å². The van der Waals surface area contributed by atoms with Gasteiger partial charge in [-0.1, -0.05) is 0 Å². The Kier molecular flexibility index (Phi) is 4.66. The minimum absolute atomic E-state index is 0.197. The van der Waals surface area contributed by atoms with Crippen molar-refractivity contribution in [2.75, 3.05) is 6.54 Å². The molecule has 6 nitrogen and oxygen atoms in total. The average molecular weight is 272 g/mol. The number of carbonyl (C=O) groups is 2. The van der Waals surface area contributed by atoms with Crippen molar-refractivity contribution in [3.8, 4) is 0 Å². The molecule has 0 fully saturated rings. The summed E-state index contributed by atoms with van der Waals surface area (Å²) in [5.41, 5.74) is -0.526. The molecule has 1 aromatic heterocycles. The number of carboxylic acids is 1. The van der Waals surface area contributed by atoms with E-state index in [1.54, 1.807) is 20.8 Å². The van der Waals surface area contributed by atoms with Gasteiger partial charge in [0, 0.05) is 13.0 Å². The Balaban J connectivity index is 2.33. The molecule has 0 radical (unpaired) electrons. The van der Waals surface area contributed by atoms with Crippen molar-refractivity contribution in [1.29, 1.82) is 0 Å². The molecule has 1 heterocycles. The second kappa shape index (κ2) is 5.81. The van der Waals surface area contributed by atoms with Crippen molar-refractivity contribution in [2.24, 2.45) is 0 Å². The van der Waals surface area contributed by atoms with Crippen molar-refractivity contribution < 1.29 is 19.4 Å². The van der Waals surface area contributed by atoms with Gasteiger partial charge in [-0.3, -0.25) is 0 Å². The number of aromatic carboxylic acids is 1. The zero-order valence-corrected chi connectivity index (χ0v) is 11.3. The van der Waals surface area contributed by atoms with E-state index in [0.717, 1.165) is 11.3 Å². The molecule has 0 saturated heterocycles. The van der Waals surface area contributed by atoms with E-state index >= 15 is 0 Å². The first-order chi connectivity index (χ1) is 8.28.